The van der Waals surface area contributed by atoms with Crippen LogP contribution in [0.25, 0.3) is 0 Å². The van der Waals surface area contributed by atoms with E-state index in [1.54, 1.807) is 0 Å². The molecule has 1 fully saturated rings. The Balaban J connectivity index is 2.38. The maximum absolute atomic E-state index is 12.8. The van der Waals surface area contributed by atoms with Gasteiger partial charge in [0.15, 0.2) is 0 Å². The molecule has 0 atom stereocenters. The van der Waals surface area contributed by atoms with E-state index in [0.717, 1.165) is 11.3 Å². The molecule has 62 valence electrons. The van der Waals surface area contributed by atoms with Crippen molar-refractivity contribution in [2.45, 2.75) is 12.8 Å². The van der Waals surface area contributed by atoms with Gasteiger partial charge in [-0.2, -0.15) is 0 Å². The molecule has 0 saturated carbocycles. The van der Waals surface area contributed by atoms with E-state index >= 15 is 0 Å². The largest absolute Gasteiger partial charge is 0.326 e. The average Bonchev–Trinajstić information content (AvgIpc) is 2.23. The van der Waals surface area contributed by atoms with Crippen LogP contribution in [-0.4, -0.2) is 5.91 Å². The number of hydrogen-bond acceptors (Lipinski definition) is 1. The van der Waals surface area contributed by atoms with Crippen LogP contribution < -0.4 is 5.32 Å². The molecule has 0 bridgehead atoms. The van der Waals surface area contributed by atoms with Gasteiger partial charge in [0, 0.05) is 5.70 Å². The van der Waals surface area contributed by atoms with Gasteiger partial charge < -0.3 is 5.32 Å². The molecular formula is C9H8FNO. The fraction of sp³-hybridized carbons (Fsp3) is 0.222. The lowest BCUT2D eigenvalue weighted by molar-refractivity contribution is -0.118. The number of hydrogen-bond donors (Lipinski definition) is 1. The SMILES string of the molecule is O=C1CC2=CC(F)=CCC=C2N1. The Bertz CT molecular complexity index is 325. The van der Waals surface area contributed by atoms with Crippen LogP contribution in [0.3, 0.4) is 0 Å². The second-order valence-corrected chi connectivity index (χ2v) is 2.84. The summed E-state index contributed by atoms with van der Waals surface area (Å²) in [6, 6.07) is 0. The van der Waals surface area contributed by atoms with Crippen molar-refractivity contribution in [1.29, 1.82) is 0 Å². The minimum Gasteiger partial charge on any atom is -0.326 e. The maximum Gasteiger partial charge on any atom is 0.228 e. The van der Waals surface area contributed by atoms with Crippen LogP contribution in [0.4, 0.5) is 4.39 Å². The van der Waals surface area contributed by atoms with Crippen molar-refractivity contribution in [3.05, 3.63) is 35.3 Å². The van der Waals surface area contributed by atoms with E-state index in [4.69, 9.17) is 0 Å². The number of amides is 1. The van der Waals surface area contributed by atoms with Crippen LogP contribution in [-0.2, 0) is 4.79 Å². The number of carbonyl (C=O) groups excluding carboxylic acids is 1. The summed E-state index contributed by atoms with van der Waals surface area (Å²) in [4.78, 5) is 10.9. The molecule has 1 aliphatic carbocycles. The zero-order chi connectivity index (χ0) is 8.55. The Kier molecular flexibility index (Phi) is 1.57. The number of rotatable bonds is 0. The summed E-state index contributed by atoms with van der Waals surface area (Å²) in [6.07, 6.45) is 5.57. The molecule has 0 unspecified atom stereocenters. The van der Waals surface area contributed by atoms with Gasteiger partial charge >= 0.3 is 0 Å². The molecule has 2 rings (SSSR count). The van der Waals surface area contributed by atoms with Crippen molar-refractivity contribution in [1.82, 2.24) is 5.32 Å². The lowest BCUT2D eigenvalue weighted by Crippen LogP contribution is -2.11. The molecule has 3 heteroatoms. The Morgan fingerprint density at radius 1 is 1.42 bits per heavy atom. The first-order valence-electron chi connectivity index (χ1n) is 3.82. The van der Waals surface area contributed by atoms with Crippen LogP contribution in [0.1, 0.15) is 12.8 Å². The first-order chi connectivity index (χ1) is 5.75. The van der Waals surface area contributed by atoms with Gasteiger partial charge in [-0.25, -0.2) is 4.39 Å². The van der Waals surface area contributed by atoms with Crippen molar-refractivity contribution in [3.63, 3.8) is 0 Å². The van der Waals surface area contributed by atoms with Crippen molar-refractivity contribution < 1.29 is 9.18 Å². The van der Waals surface area contributed by atoms with E-state index in [9.17, 15) is 9.18 Å². The standard InChI is InChI=1S/C9H8FNO/c10-7-2-1-3-8-6(4-7)5-9(12)11-8/h2-4H,1,5H2,(H,11,12). The Labute approximate surface area is 69.5 Å². The molecule has 0 radical (unpaired) electrons. The van der Waals surface area contributed by atoms with E-state index in [0.29, 0.717) is 12.8 Å². The van der Waals surface area contributed by atoms with Gasteiger partial charge in [0.1, 0.15) is 5.83 Å². The molecule has 0 aromatic rings. The van der Waals surface area contributed by atoms with E-state index in [-0.39, 0.29) is 11.7 Å². The lowest BCUT2D eigenvalue weighted by atomic mass is 10.2. The molecule has 1 heterocycles. The highest BCUT2D eigenvalue weighted by Crippen LogP contribution is 2.24. The van der Waals surface area contributed by atoms with Crippen molar-refractivity contribution >= 4 is 5.91 Å². The first kappa shape index (κ1) is 7.28. The third-order valence-corrected chi connectivity index (χ3v) is 1.92. The molecule has 1 aliphatic heterocycles. The molecule has 1 N–H and O–H groups in total. The van der Waals surface area contributed by atoms with Crippen LogP contribution in [0.5, 0.6) is 0 Å². The molecule has 0 spiro atoms. The second-order valence-electron chi connectivity index (χ2n) is 2.84. The quantitative estimate of drug-likeness (QED) is 0.580. The first-order valence-corrected chi connectivity index (χ1v) is 3.82. The summed E-state index contributed by atoms with van der Waals surface area (Å²) in [5, 5.41) is 2.67. The molecule has 0 aromatic heterocycles. The van der Waals surface area contributed by atoms with Crippen LogP contribution in [0.2, 0.25) is 0 Å². The molecule has 0 aromatic carbocycles. The third kappa shape index (κ3) is 1.18. The Morgan fingerprint density at radius 3 is 3.08 bits per heavy atom. The maximum atomic E-state index is 12.8. The smallest absolute Gasteiger partial charge is 0.228 e. The normalized spacial score (nSPS) is 21.8. The molecule has 2 nitrogen and oxygen atoms in total. The zero-order valence-corrected chi connectivity index (χ0v) is 6.43. The minimum atomic E-state index is -0.257. The monoisotopic (exact) mass is 165 g/mol. The Morgan fingerprint density at radius 2 is 2.25 bits per heavy atom. The van der Waals surface area contributed by atoms with Crippen molar-refractivity contribution in [3.8, 4) is 0 Å². The number of fused-ring (bicyclic) bond motifs is 1. The highest BCUT2D eigenvalue weighted by molar-refractivity contribution is 5.87. The van der Waals surface area contributed by atoms with E-state index < -0.39 is 0 Å². The second kappa shape index (κ2) is 2.59. The van der Waals surface area contributed by atoms with E-state index in [1.807, 2.05) is 6.08 Å². The van der Waals surface area contributed by atoms with Crippen LogP contribution >= 0.6 is 0 Å². The summed E-state index contributed by atoms with van der Waals surface area (Å²) in [5.41, 5.74) is 1.52. The van der Waals surface area contributed by atoms with Gasteiger partial charge in [0.05, 0.1) is 6.42 Å². The number of halogens is 1. The zero-order valence-electron chi connectivity index (χ0n) is 6.43. The van der Waals surface area contributed by atoms with Gasteiger partial charge in [0.2, 0.25) is 5.91 Å². The van der Waals surface area contributed by atoms with Gasteiger partial charge in [-0.1, -0.05) is 6.08 Å². The topological polar surface area (TPSA) is 29.1 Å². The number of carbonyl (C=O) groups is 1. The molecule has 12 heavy (non-hydrogen) atoms. The van der Waals surface area contributed by atoms with Crippen molar-refractivity contribution in [2.75, 3.05) is 0 Å². The van der Waals surface area contributed by atoms with E-state index in [1.165, 1.54) is 12.2 Å². The van der Waals surface area contributed by atoms with Gasteiger partial charge in [-0.05, 0) is 24.1 Å². The molecule has 1 saturated heterocycles. The molecule has 2 aliphatic rings. The van der Waals surface area contributed by atoms with E-state index in [2.05, 4.69) is 5.32 Å². The lowest BCUT2D eigenvalue weighted by Gasteiger charge is -1.94. The van der Waals surface area contributed by atoms with Gasteiger partial charge in [-0.3, -0.25) is 4.79 Å². The number of allylic oxidation sites excluding steroid dienone is 5. The fourth-order valence-corrected chi connectivity index (χ4v) is 1.37. The summed E-state index contributed by atoms with van der Waals surface area (Å²) >= 11 is 0. The minimum absolute atomic E-state index is 0.0535. The number of nitrogens with one attached hydrogen (secondary N) is 1. The summed E-state index contributed by atoms with van der Waals surface area (Å²) in [6.45, 7) is 0. The van der Waals surface area contributed by atoms with Crippen molar-refractivity contribution in [2.24, 2.45) is 0 Å². The summed E-state index contributed by atoms with van der Waals surface area (Å²) < 4.78 is 12.8. The van der Waals surface area contributed by atoms with Crippen LogP contribution in [0, 0.1) is 0 Å². The average molecular weight is 165 g/mol. The fourth-order valence-electron chi connectivity index (χ4n) is 1.37. The van der Waals surface area contributed by atoms with Gasteiger partial charge in [0.25, 0.3) is 0 Å². The molecule has 1 amide bonds. The highest BCUT2D eigenvalue weighted by Gasteiger charge is 2.21. The third-order valence-electron chi connectivity index (χ3n) is 1.92. The molecular weight excluding hydrogens is 157 g/mol. The predicted molar refractivity (Wildman–Crippen MR) is 42.7 cm³/mol. The highest BCUT2D eigenvalue weighted by atomic mass is 19.1. The van der Waals surface area contributed by atoms with Gasteiger partial charge in [-0.15, -0.1) is 0 Å². The predicted octanol–water partition coefficient (Wildman–Crippen LogP) is 1.57. The van der Waals surface area contributed by atoms with Crippen LogP contribution in [0.15, 0.2) is 35.3 Å². The summed E-state index contributed by atoms with van der Waals surface area (Å²) in [7, 11) is 0. The summed E-state index contributed by atoms with van der Waals surface area (Å²) in [5.74, 6) is -0.310. The Hall–Kier alpha value is -1.38.